The Labute approximate surface area is 177 Å². The molecule has 0 aliphatic carbocycles. The van der Waals surface area contributed by atoms with Gasteiger partial charge in [0.2, 0.25) is 5.95 Å². The molecule has 11 nitrogen and oxygen atoms in total. The minimum absolute atomic E-state index is 0.253. The number of aromatic nitrogens is 6. The van der Waals surface area contributed by atoms with Crippen molar-refractivity contribution in [1.29, 1.82) is 0 Å². The fourth-order valence-electron chi connectivity index (χ4n) is 3.64. The van der Waals surface area contributed by atoms with E-state index in [0.29, 0.717) is 13.1 Å². The molecule has 0 spiro atoms. The van der Waals surface area contributed by atoms with E-state index in [1.54, 1.807) is 41.7 Å². The predicted molar refractivity (Wildman–Crippen MR) is 113 cm³/mol. The van der Waals surface area contributed by atoms with Crippen molar-refractivity contribution in [3.8, 4) is 0 Å². The molecule has 4 aromatic heterocycles. The lowest BCUT2D eigenvalue weighted by Crippen LogP contribution is -2.47. The lowest BCUT2D eigenvalue weighted by molar-refractivity contribution is 0.0924. The molecule has 1 amide bonds. The zero-order valence-electron chi connectivity index (χ0n) is 16.8. The molecule has 1 aliphatic heterocycles. The normalized spacial score (nSPS) is 14.2. The topological polar surface area (TPSA) is 118 Å². The highest BCUT2D eigenvalue weighted by atomic mass is 16.3. The number of amides is 1. The largest absolute Gasteiger partial charge is 0.459 e. The Morgan fingerprint density at radius 3 is 2.61 bits per heavy atom. The first kappa shape index (κ1) is 19.0. The van der Waals surface area contributed by atoms with Crippen molar-refractivity contribution in [3.63, 3.8) is 0 Å². The van der Waals surface area contributed by atoms with Gasteiger partial charge in [0.15, 0.2) is 11.4 Å². The maximum absolute atomic E-state index is 12.0. The first-order valence-corrected chi connectivity index (χ1v) is 10.0. The highest BCUT2D eigenvalue weighted by molar-refractivity contribution is 5.91. The van der Waals surface area contributed by atoms with Crippen LogP contribution in [0.1, 0.15) is 10.6 Å². The summed E-state index contributed by atoms with van der Waals surface area (Å²) >= 11 is 0. The number of hydrogen-bond acceptors (Lipinski definition) is 9. The van der Waals surface area contributed by atoms with E-state index >= 15 is 0 Å². The minimum atomic E-state index is -0.253. The van der Waals surface area contributed by atoms with Gasteiger partial charge in [0, 0.05) is 45.1 Å². The first-order valence-electron chi connectivity index (χ1n) is 10.0. The molecule has 5 rings (SSSR count). The molecule has 0 radical (unpaired) electrons. The zero-order chi connectivity index (χ0) is 21.0. The van der Waals surface area contributed by atoms with Gasteiger partial charge >= 0.3 is 0 Å². The molecule has 158 valence electrons. The third-order valence-corrected chi connectivity index (χ3v) is 5.18. The Bertz CT molecular complexity index is 1150. The van der Waals surface area contributed by atoms with Crippen LogP contribution in [-0.4, -0.2) is 68.3 Å². The van der Waals surface area contributed by atoms with Crippen LogP contribution >= 0.6 is 0 Å². The number of hydrogen-bond donors (Lipinski definition) is 1. The van der Waals surface area contributed by atoms with Crippen molar-refractivity contribution in [1.82, 2.24) is 35.0 Å². The van der Waals surface area contributed by atoms with Gasteiger partial charge in [0.1, 0.15) is 12.1 Å². The maximum atomic E-state index is 12.0. The van der Waals surface area contributed by atoms with Crippen LogP contribution in [0.3, 0.4) is 0 Å². The number of piperazine rings is 1. The van der Waals surface area contributed by atoms with E-state index < -0.39 is 0 Å². The van der Waals surface area contributed by atoms with Gasteiger partial charge < -0.3 is 19.5 Å². The van der Waals surface area contributed by atoms with Crippen molar-refractivity contribution in [2.75, 3.05) is 42.5 Å². The second kappa shape index (κ2) is 8.38. The van der Waals surface area contributed by atoms with Crippen molar-refractivity contribution >= 4 is 28.7 Å². The molecule has 1 aliphatic rings. The number of fused-ring (bicyclic) bond motifs is 1. The highest BCUT2D eigenvalue weighted by Gasteiger charge is 2.22. The lowest BCUT2D eigenvalue weighted by atomic mass is 10.3. The molecule has 1 fully saturated rings. The monoisotopic (exact) mass is 419 g/mol. The van der Waals surface area contributed by atoms with E-state index in [1.165, 1.54) is 6.26 Å². The number of nitrogens with one attached hydrogen (secondary N) is 1. The van der Waals surface area contributed by atoms with Crippen molar-refractivity contribution < 1.29 is 9.21 Å². The number of carbonyl (C=O) groups is 1. The third-order valence-electron chi connectivity index (χ3n) is 5.18. The molecule has 4 aromatic rings. The van der Waals surface area contributed by atoms with Gasteiger partial charge in [-0.1, -0.05) is 0 Å². The van der Waals surface area contributed by atoms with E-state index in [2.05, 4.69) is 40.2 Å². The number of furan rings is 1. The molecular weight excluding hydrogens is 398 g/mol. The van der Waals surface area contributed by atoms with Crippen LogP contribution in [0.15, 0.2) is 53.8 Å². The second-order valence-electron chi connectivity index (χ2n) is 7.06. The quantitative estimate of drug-likeness (QED) is 0.487. The fraction of sp³-hybridized carbons (Fsp3) is 0.300. The van der Waals surface area contributed by atoms with E-state index in [1.807, 2.05) is 6.07 Å². The molecule has 0 saturated carbocycles. The smallest absolute Gasteiger partial charge is 0.287 e. The van der Waals surface area contributed by atoms with Crippen LogP contribution in [0.5, 0.6) is 0 Å². The van der Waals surface area contributed by atoms with Gasteiger partial charge in [0.05, 0.1) is 24.4 Å². The van der Waals surface area contributed by atoms with Crippen LogP contribution in [0, 0.1) is 0 Å². The Morgan fingerprint density at radius 2 is 1.84 bits per heavy atom. The summed E-state index contributed by atoms with van der Waals surface area (Å²) in [6, 6.07) is 5.13. The Balaban J connectivity index is 1.25. The molecule has 11 heteroatoms. The SMILES string of the molecule is O=C(NCCn1ncc2c(N3CCN(c4ncccn4)CC3)ncnc21)c1ccco1. The highest BCUT2D eigenvalue weighted by Crippen LogP contribution is 2.24. The average Bonchev–Trinajstić information content (AvgIpc) is 3.50. The lowest BCUT2D eigenvalue weighted by Gasteiger charge is -2.35. The summed E-state index contributed by atoms with van der Waals surface area (Å²) in [5.74, 6) is 1.65. The molecule has 1 N–H and O–H groups in total. The second-order valence-corrected chi connectivity index (χ2v) is 7.06. The van der Waals surface area contributed by atoms with Gasteiger partial charge in [-0.05, 0) is 18.2 Å². The summed E-state index contributed by atoms with van der Waals surface area (Å²) in [4.78, 5) is 34.0. The number of carbonyl (C=O) groups excluding carboxylic acids is 1. The van der Waals surface area contributed by atoms with Crippen molar-refractivity contribution in [2.24, 2.45) is 0 Å². The predicted octanol–water partition coefficient (Wildman–Crippen LogP) is 0.966. The maximum Gasteiger partial charge on any atom is 0.287 e. The third kappa shape index (κ3) is 3.89. The molecule has 5 heterocycles. The fourth-order valence-corrected chi connectivity index (χ4v) is 3.64. The van der Waals surface area contributed by atoms with Gasteiger partial charge in [-0.15, -0.1) is 0 Å². The minimum Gasteiger partial charge on any atom is -0.459 e. The van der Waals surface area contributed by atoms with E-state index in [4.69, 9.17) is 4.42 Å². The van der Waals surface area contributed by atoms with Crippen molar-refractivity contribution in [3.05, 3.63) is 55.1 Å². The average molecular weight is 419 g/mol. The molecular formula is C20H21N9O2. The Kier molecular flexibility index (Phi) is 5.13. The molecule has 31 heavy (non-hydrogen) atoms. The standard InChI is InChI=1S/C20H21N9O2/c30-19(16-3-1-12-31-16)21-6-7-29-18-15(13-26-29)17(24-14-25-18)27-8-10-28(11-9-27)20-22-4-2-5-23-20/h1-5,12-14H,6-11H2,(H,21,30). The first-order chi connectivity index (χ1) is 15.3. The number of anilines is 2. The summed E-state index contributed by atoms with van der Waals surface area (Å²) < 4.78 is 6.87. The van der Waals surface area contributed by atoms with Crippen LogP contribution in [0.2, 0.25) is 0 Å². The molecule has 0 unspecified atom stereocenters. The molecule has 0 aromatic carbocycles. The van der Waals surface area contributed by atoms with Crippen LogP contribution in [0.25, 0.3) is 11.0 Å². The molecule has 0 bridgehead atoms. The van der Waals surface area contributed by atoms with Gasteiger partial charge in [-0.3, -0.25) is 4.79 Å². The molecule has 0 atom stereocenters. The van der Waals surface area contributed by atoms with Crippen LogP contribution < -0.4 is 15.1 Å². The van der Waals surface area contributed by atoms with Crippen molar-refractivity contribution in [2.45, 2.75) is 6.54 Å². The van der Waals surface area contributed by atoms with Gasteiger partial charge in [-0.2, -0.15) is 5.10 Å². The Hall–Kier alpha value is -4.02. The molecule has 1 saturated heterocycles. The van der Waals surface area contributed by atoms with Gasteiger partial charge in [0.25, 0.3) is 5.91 Å². The van der Waals surface area contributed by atoms with Crippen LogP contribution in [-0.2, 0) is 6.54 Å². The van der Waals surface area contributed by atoms with E-state index in [-0.39, 0.29) is 11.7 Å². The Morgan fingerprint density at radius 1 is 1.03 bits per heavy atom. The summed E-state index contributed by atoms with van der Waals surface area (Å²) in [5, 5.41) is 8.17. The summed E-state index contributed by atoms with van der Waals surface area (Å²) in [7, 11) is 0. The zero-order valence-corrected chi connectivity index (χ0v) is 16.8. The van der Waals surface area contributed by atoms with Crippen LogP contribution in [0.4, 0.5) is 11.8 Å². The van der Waals surface area contributed by atoms with E-state index in [9.17, 15) is 4.79 Å². The summed E-state index contributed by atoms with van der Waals surface area (Å²) in [5.41, 5.74) is 0.742. The summed E-state index contributed by atoms with van der Waals surface area (Å²) in [6.07, 6.45) is 8.33. The van der Waals surface area contributed by atoms with Gasteiger partial charge in [-0.25, -0.2) is 24.6 Å². The summed E-state index contributed by atoms with van der Waals surface area (Å²) in [6.45, 7) is 4.12. The van der Waals surface area contributed by atoms with E-state index in [0.717, 1.165) is 49.0 Å². The number of rotatable bonds is 6. The number of nitrogens with zero attached hydrogens (tertiary/aromatic N) is 8.